The first-order valence-electron chi connectivity index (χ1n) is 8.62. The minimum atomic E-state index is -0.182. The van der Waals surface area contributed by atoms with Gasteiger partial charge in [-0.2, -0.15) is 0 Å². The van der Waals surface area contributed by atoms with Crippen molar-refractivity contribution in [2.24, 2.45) is 0 Å². The van der Waals surface area contributed by atoms with Crippen LogP contribution in [0.2, 0.25) is 0 Å². The van der Waals surface area contributed by atoms with Crippen molar-refractivity contribution in [2.75, 3.05) is 18.9 Å². The number of hydrogen-bond donors (Lipinski definition) is 1. The van der Waals surface area contributed by atoms with Crippen molar-refractivity contribution in [3.05, 3.63) is 63.1 Å². The summed E-state index contributed by atoms with van der Waals surface area (Å²) >= 11 is 3.43. The Kier molecular flexibility index (Phi) is 6.98. The van der Waals surface area contributed by atoms with Crippen LogP contribution in [0.3, 0.4) is 0 Å². The molecule has 0 bridgehead atoms. The van der Waals surface area contributed by atoms with Crippen LogP contribution in [0.25, 0.3) is 0 Å². The molecule has 5 heteroatoms. The molecule has 0 saturated heterocycles. The lowest BCUT2D eigenvalue weighted by atomic mass is 10.1. The first kappa shape index (κ1) is 20.2. The van der Waals surface area contributed by atoms with E-state index in [1.807, 2.05) is 57.2 Å². The SMILES string of the molecule is Cc1cc(C)c(NC(=O)CN(C)C(=O)CCc2cccc(Br)c2)c(C)c1. The molecule has 0 aromatic heterocycles. The van der Waals surface area contributed by atoms with Crippen LogP contribution in [0, 0.1) is 20.8 Å². The first-order valence-corrected chi connectivity index (χ1v) is 9.41. The summed E-state index contributed by atoms with van der Waals surface area (Å²) in [7, 11) is 1.66. The Balaban J connectivity index is 1.89. The number of halogens is 1. The van der Waals surface area contributed by atoms with E-state index in [1.54, 1.807) is 7.05 Å². The molecule has 0 unspecified atom stereocenters. The zero-order chi connectivity index (χ0) is 19.3. The van der Waals surface area contributed by atoms with Crippen LogP contribution in [0.5, 0.6) is 0 Å². The van der Waals surface area contributed by atoms with Gasteiger partial charge in [-0.15, -0.1) is 0 Å². The molecule has 0 aliphatic heterocycles. The zero-order valence-electron chi connectivity index (χ0n) is 15.7. The van der Waals surface area contributed by atoms with Crippen molar-refractivity contribution in [3.63, 3.8) is 0 Å². The normalized spacial score (nSPS) is 10.5. The molecule has 0 radical (unpaired) electrons. The van der Waals surface area contributed by atoms with Gasteiger partial charge in [0.25, 0.3) is 0 Å². The predicted molar refractivity (Wildman–Crippen MR) is 109 cm³/mol. The van der Waals surface area contributed by atoms with Crippen LogP contribution in [-0.2, 0) is 16.0 Å². The summed E-state index contributed by atoms with van der Waals surface area (Å²) in [6, 6.07) is 12.0. The minimum absolute atomic E-state index is 0.0440. The number of carbonyl (C=O) groups excluding carboxylic acids is 2. The fourth-order valence-corrected chi connectivity index (χ4v) is 3.44. The first-order chi connectivity index (χ1) is 12.3. The number of amides is 2. The molecule has 0 aliphatic rings. The Morgan fingerprint density at radius 2 is 1.73 bits per heavy atom. The summed E-state index contributed by atoms with van der Waals surface area (Å²) in [4.78, 5) is 26.1. The molecule has 4 nitrogen and oxygen atoms in total. The number of benzene rings is 2. The molecule has 2 aromatic carbocycles. The monoisotopic (exact) mass is 416 g/mol. The highest BCUT2D eigenvalue weighted by Gasteiger charge is 2.15. The Morgan fingerprint density at radius 3 is 2.35 bits per heavy atom. The topological polar surface area (TPSA) is 49.4 Å². The lowest BCUT2D eigenvalue weighted by Crippen LogP contribution is -2.35. The van der Waals surface area contributed by atoms with Crippen molar-refractivity contribution in [1.29, 1.82) is 0 Å². The second kappa shape index (κ2) is 8.99. The summed E-state index contributed by atoms with van der Waals surface area (Å²) < 4.78 is 0.999. The number of anilines is 1. The number of aryl methyl sites for hydroxylation is 4. The van der Waals surface area contributed by atoms with Gasteiger partial charge >= 0.3 is 0 Å². The minimum Gasteiger partial charge on any atom is -0.336 e. The molecule has 0 fully saturated rings. The molecule has 0 heterocycles. The molecule has 2 rings (SSSR count). The van der Waals surface area contributed by atoms with Gasteiger partial charge in [0.15, 0.2) is 0 Å². The molecule has 0 aliphatic carbocycles. The molecule has 138 valence electrons. The molecular weight excluding hydrogens is 392 g/mol. The highest BCUT2D eigenvalue weighted by Crippen LogP contribution is 2.21. The van der Waals surface area contributed by atoms with Crippen molar-refractivity contribution >= 4 is 33.4 Å². The fourth-order valence-electron chi connectivity index (χ4n) is 2.99. The largest absolute Gasteiger partial charge is 0.336 e. The second-order valence-corrected chi connectivity index (χ2v) is 7.62. The van der Waals surface area contributed by atoms with E-state index in [-0.39, 0.29) is 18.4 Å². The average Bonchev–Trinajstić information content (AvgIpc) is 2.56. The number of nitrogens with zero attached hydrogens (tertiary/aromatic N) is 1. The molecule has 0 atom stereocenters. The maximum Gasteiger partial charge on any atom is 0.243 e. The van der Waals surface area contributed by atoms with E-state index in [2.05, 4.69) is 21.2 Å². The van der Waals surface area contributed by atoms with Crippen molar-refractivity contribution in [1.82, 2.24) is 4.90 Å². The van der Waals surface area contributed by atoms with E-state index in [1.165, 1.54) is 4.90 Å². The van der Waals surface area contributed by atoms with Gasteiger partial charge in [-0.25, -0.2) is 0 Å². The highest BCUT2D eigenvalue weighted by atomic mass is 79.9. The van der Waals surface area contributed by atoms with E-state index in [9.17, 15) is 9.59 Å². The molecular formula is C21H25BrN2O2. The lowest BCUT2D eigenvalue weighted by Gasteiger charge is -2.18. The molecule has 0 saturated carbocycles. The quantitative estimate of drug-likeness (QED) is 0.757. The molecule has 1 N–H and O–H groups in total. The van der Waals surface area contributed by atoms with E-state index >= 15 is 0 Å². The zero-order valence-corrected chi connectivity index (χ0v) is 17.3. The van der Waals surface area contributed by atoms with Gasteiger partial charge < -0.3 is 10.2 Å². The Bertz CT molecular complexity index is 794. The third-order valence-electron chi connectivity index (χ3n) is 4.26. The second-order valence-electron chi connectivity index (χ2n) is 6.70. The number of carbonyl (C=O) groups is 2. The standard InChI is InChI=1S/C21H25BrN2O2/c1-14-10-15(2)21(16(3)11-14)23-19(25)13-24(4)20(26)9-8-17-6-5-7-18(22)12-17/h5-7,10-12H,8-9,13H2,1-4H3,(H,23,25). The Morgan fingerprint density at radius 1 is 1.08 bits per heavy atom. The van der Waals surface area contributed by atoms with Crippen LogP contribution in [0.1, 0.15) is 28.7 Å². The molecule has 2 amide bonds. The van der Waals surface area contributed by atoms with Gasteiger partial charge in [-0.1, -0.05) is 45.8 Å². The van der Waals surface area contributed by atoms with Crippen LogP contribution in [-0.4, -0.2) is 30.3 Å². The maximum absolute atomic E-state index is 12.3. The third kappa shape index (κ3) is 5.70. The lowest BCUT2D eigenvalue weighted by molar-refractivity contribution is -0.133. The summed E-state index contributed by atoms with van der Waals surface area (Å²) in [5, 5.41) is 2.93. The predicted octanol–water partition coefficient (Wildman–Crippen LogP) is 4.40. The molecule has 2 aromatic rings. The number of rotatable bonds is 6. The van der Waals surface area contributed by atoms with Crippen molar-refractivity contribution in [3.8, 4) is 0 Å². The van der Waals surface area contributed by atoms with Gasteiger partial charge in [0.05, 0.1) is 6.54 Å². The summed E-state index contributed by atoms with van der Waals surface area (Å²) in [5.74, 6) is -0.226. The number of likely N-dealkylation sites (N-methyl/N-ethyl adjacent to an activating group) is 1. The van der Waals surface area contributed by atoms with Crippen LogP contribution in [0.4, 0.5) is 5.69 Å². The van der Waals surface area contributed by atoms with Gasteiger partial charge in [0, 0.05) is 23.6 Å². The van der Waals surface area contributed by atoms with Gasteiger partial charge in [0.2, 0.25) is 11.8 Å². The summed E-state index contributed by atoms with van der Waals surface area (Å²) in [6.07, 6.45) is 1.03. The van der Waals surface area contributed by atoms with Crippen LogP contribution >= 0.6 is 15.9 Å². The van der Waals surface area contributed by atoms with E-state index < -0.39 is 0 Å². The highest BCUT2D eigenvalue weighted by molar-refractivity contribution is 9.10. The van der Waals surface area contributed by atoms with E-state index in [0.29, 0.717) is 12.8 Å². The summed E-state index contributed by atoms with van der Waals surface area (Å²) in [6.45, 7) is 6.03. The van der Waals surface area contributed by atoms with E-state index in [0.717, 1.165) is 32.4 Å². The number of nitrogens with one attached hydrogen (secondary N) is 1. The van der Waals surface area contributed by atoms with Gasteiger partial charge in [0.1, 0.15) is 0 Å². The van der Waals surface area contributed by atoms with Crippen molar-refractivity contribution in [2.45, 2.75) is 33.6 Å². The maximum atomic E-state index is 12.3. The third-order valence-corrected chi connectivity index (χ3v) is 4.76. The van der Waals surface area contributed by atoms with Crippen LogP contribution in [0.15, 0.2) is 40.9 Å². The summed E-state index contributed by atoms with van der Waals surface area (Å²) in [5.41, 5.74) is 5.14. The Labute approximate surface area is 163 Å². The molecule has 26 heavy (non-hydrogen) atoms. The molecule has 0 spiro atoms. The fraction of sp³-hybridized carbons (Fsp3) is 0.333. The Hall–Kier alpha value is -2.14. The smallest absolute Gasteiger partial charge is 0.243 e. The van der Waals surface area contributed by atoms with Gasteiger partial charge in [-0.3, -0.25) is 9.59 Å². The average molecular weight is 417 g/mol. The van der Waals surface area contributed by atoms with E-state index in [4.69, 9.17) is 0 Å². The van der Waals surface area contributed by atoms with Gasteiger partial charge in [-0.05, 0) is 56.0 Å². The number of hydrogen-bond acceptors (Lipinski definition) is 2. The van der Waals surface area contributed by atoms with Crippen molar-refractivity contribution < 1.29 is 9.59 Å². The van der Waals surface area contributed by atoms with Crippen LogP contribution < -0.4 is 5.32 Å².